The summed E-state index contributed by atoms with van der Waals surface area (Å²) >= 11 is 6.54. The van der Waals surface area contributed by atoms with Crippen molar-refractivity contribution in [3.05, 3.63) is 75.1 Å². The van der Waals surface area contributed by atoms with E-state index in [9.17, 15) is 9.90 Å². The number of aromatic carboxylic acids is 1. The summed E-state index contributed by atoms with van der Waals surface area (Å²) in [6, 6.07) is 19.4. The average Bonchev–Trinajstić information content (AvgIpc) is 2.86. The molecule has 0 saturated carbocycles. The van der Waals surface area contributed by atoms with Gasteiger partial charge in [-0.1, -0.05) is 72.0 Å². The Labute approximate surface area is 137 Å². The van der Waals surface area contributed by atoms with Crippen LogP contribution in [-0.4, -0.2) is 15.6 Å². The second-order valence-electron chi connectivity index (χ2n) is 4.79. The highest BCUT2D eigenvalue weighted by atomic mass is 32.1. The van der Waals surface area contributed by atoms with Crippen LogP contribution < -0.4 is 0 Å². The molecule has 2 aromatic carbocycles. The second-order valence-corrected chi connectivity index (χ2v) is 6.43. The minimum Gasteiger partial charge on any atom is -0.477 e. The first-order chi connectivity index (χ1) is 10.7. The number of carbonyl (C=O) groups is 1. The van der Waals surface area contributed by atoms with Gasteiger partial charge in [-0.2, -0.15) is 0 Å². The quantitative estimate of drug-likeness (QED) is 0.707. The molecule has 5 heteroatoms. The lowest BCUT2D eigenvalue weighted by Gasteiger charge is -2.10. The van der Waals surface area contributed by atoms with Crippen molar-refractivity contribution < 1.29 is 9.90 Å². The topological polar surface area (TPSA) is 42.2 Å². The molecule has 0 unspecified atom stereocenters. The summed E-state index contributed by atoms with van der Waals surface area (Å²) in [6.45, 7) is 0.563. The monoisotopic (exact) mass is 327 g/mol. The zero-order chi connectivity index (χ0) is 15.5. The van der Waals surface area contributed by atoms with Crippen molar-refractivity contribution in [2.45, 2.75) is 6.54 Å². The Bertz CT molecular complexity index is 851. The van der Waals surface area contributed by atoms with E-state index in [0.29, 0.717) is 16.2 Å². The molecule has 0 radical (unpaired) electrons. The van der Waals surface area contributed by atoms with Crippen molar-refractivity contribution in [1.29, 1.82) is 0 Å². The van der Waals surface area contributed by atoms with Gasteiger partial charge in [0.2, 0.25) is 0 Å². The van der Waals surface area contributed by atoms with Crippen molar-refractivity contribution in [3.8, 4) is 11.3 Å². The highest BCUT2D eigenvalue weighted by Crippen LogP contribution is 2.30. The van der Waals surface area contributed by atoms with Gasteiger partial charge in [0.05, 0.1) is 5.69 Å². The Morgan fingerprint density at radius 2 is 1.64 bits per heavy atom. The van der Waals surface area contributed by atoms with Crippen molar-refractivity contribution in [1.82, 2.24) is 4.57 Å². The van der Waals surface area contributed by atoms with Gasteiger partial charge in [-0.3, -0.25) is 0 Å². The molecule has 1 heterocycles. The maximum Gasteiger partial charge on any atom is 0.348 e. The van der Waals surface area contributed by atoms with Crippen molar-refractivity contribution in [2.24, 2.45) is 0 Å². The number of carboxylic acids is 1. The van der Waals surface area contributed by atoms with Crippen LogP contribution in [0.25, 0.3) is 11.3 Å². The lowest BCUT2D eigenvalue weighted by atomic mass is 10.1. The first-order valence-electron chi connectivity index (χ1n) is 6.73. The molecule has 0 aliphatic carbocycles. The Morgan fingerprint density at radius 1 is 1.05 bits per heavy atom. The van der Waals surface area contributed by atoms with Crippen LogP contribution in [0.4, 0.5) is 0 Å². The normalized spacial score (nSPS) is 10.5. The molecule has 0 aliphatic rings. The fourth-order valence-corrected chi connectivity index (χ4v) is 3.60. The Hall–Kier alpha value is -2.24. The molecular formula is C17H13NO2S2. The molecule has 1 aromatic heterocycles. The van der Waals surface area contributed by atoms with E-state index in [1.807, 2.05) is 65.2 Å². The fraction of sp³-hybridized carbons (Fsp3) is 0.0588. The van der Waals surface area contributed by atoms with Crippen LogP contribution in [0.2, 0.25) is 0 Å². The molecule has 3 rings (SSSR count). The number of rotatable bonds is 4. The van der Waals surface area contributed by atoms with E-state index >= 15 is 0 Å². The van der Waals surface area contributed by atoms with Gasteiger partial charge < -0.3 is 9.67 Å². The molecule has 22 heavy (non-hydrogen) atoms. The average molecular weight is 327 g/mol. The maximum absolute atomic E-state index is 11.6. The van der Waals surface area contributed by atoms with E-state index in [2.05, 4.69) is 0 Å². The predicted octanol–water partition coefficient (Wildman–Crippen LogP) is 4.69. The third-order valence-electron chi connectivity index (χ3n) is 3.32. The Kier molecular flexibility index (Phi) is 4.18. The third-order valence-corrected chi connectivity index (χ3v) is 4.76. The van der Waals surface area contributed by atoms with E-state index in [0.717, 1.165) is 22.5 Å². The molecule has 0 amide bonds. The number of carboxylic acid groups (broad SMARTS) is 1. The van der Waals surface area contributed by atoms with E-state index in [4.69, 9.17) is 12.2 Å². The molecule has 0 spiro atoms. The van der Waals surface area contributed by atoms with Gasteiger partial charge in [-0.25, -0.2) is 4.79 Å². The van der Waals surface area contributed by atoms with Crippen LogP contribution in [0.1, 0.15) is 15.2 Å². The van der Waals surface area contributed by atoms with Crippen molar-refractivity contribution in [2.75, 3.05) is 0 Å². The van der Waals surface area contributed by atoms with Crippen LogP contribution in [0.15, 0.2) is 60.7 Å². The summed E-state index contributed by atoms with van der Waals surface area (Å²) in [5.41, 5.74) is 2.63. The molecule has 3 nitrogen and oxygen atoms in total. The van der Waals surface area contributed by atoms with E-state index < -0.39 is 5.97 Å². The van der Waals surface area contributed by atoms with E-state index in [1.165, 1.54) is 0 Å². The first-order valence-corrected chi connectivity index (χ1v) is 7.95. The molecule has 3 aromatic rings. The van der Waals surface area contributed by atoms with E-state index in [-0.39, 0.29) is 4.88 Å². The number of thiazole rings is 1. The zero-order valence-electron chi connectivity index (χ0n) is 11.6. The van der Waals surface area contributed by atoms with Gasteiger partial charge in [0.1, 0.15) is 4.88 Å². The first kappa shape index (κ1) is 14.7. The van der Waals surface area contributed by atoms with E-state index in [1.54, 1.807) is 0 Å². The van der Waals surface area contributed by atoms with Gasteiger partial charge in [-0.15, -0.1) is 0 Å². The largest absolute Gasteiger partial charge is 0.477 e. The molecule has 0 atom stereocenters. The zero-order valence-corrected chi connectivity index (χ0v) is 13.2. The highest BCUT2D eigenvalue weighted by molar-refractivity contribution is 7.73. The Balaban J connectivity index is 2.17. The molecule has 0 bridgehead atoms. The standard InChI is InChI=1S/C17H13NO2S2/c19-16(20)15-14(13-9-5-2-6-10-13)18(17(21)22-15)11-12-7-3-1-4-8-12/h1-10H,11H2,(H,19,20). The van der Waals surface area contributed by atoms with Crippen LogP contribution in [0, 0.1) is 3.95 Å². The molecule has 0 saturated heterocycles. The molecule has 0 aliphatic heterocycles. The van der Waals surface area contributed by atoms with Crippen LogP contribution in [0.3, 0.4) is 0 Å². The highest BCUT2D eigenvalue weighted by Gasteiger charge is 2.20. The predicted molar refractivity (Wildman–Crippen MR) is 91.1 cm³/mol. The van der Waals surface area contributed by atoms with Crippen LogP contribution in [0.5, 0.6) is 0 Å². The Morgan fingerprint density at radius 3 is 2.23 bits per heavy atom. The minimum atomic E-state index is -0.943. The lowest BCUT2D eigenvalue weighted by molar-refractivity contribution is 0.0702. The fourth-order valence-electron chi connectivity index (χ4n) is 2.34. The van der Waals surface area contributed by atoms with Gasteiger partial charge in [-0.05, 0) is 23.3 Å². The molecule has 110 valence electrons. The lowest BCUT2D eigenvalue weighted by Crippen LogP contribution is -2.05. The SMILES string of the molecule is O=C(O)c1sc(=S)n(Cc2ccccc2)c1-c1ccccc1. The summed E-state index contributed by atoms with van der Waals surface area (Å²) in [5, 5.41) is 9.48. The number of nitrogens with zero attached hydrogens (tertiary/aromatic N) is 1. The maximum atomic E-state index is 11.6. The second kappa shape index (κ2) is 6.25. The van der Waals surface area contributed by atoms with Crippen molar-refractivity contribution in [3.63, 3.8) is 0 Å². The summed E-state index contributed by atoms with van der Waals surface area (Å²) in [5.74, 6) is -0.943. The van der Waals surface area contributed by atoms with Crippen molar-refractivity contribution >= 4 is 29.5 Å². The molecular weight excluding hydrogens is 314 g/mol. The summed E-state index contributed by atoms with van der Waals surface area (Å²) in [6.07, 6.45) is 0. The number of hydrogen-bond acceptors (Lipinski definition) is 3. The van der Waals surface area contributed by atoms with Gasteiger partial charge >= 0.3 is 5.97 Å². The number of aromatic nitrogens is 1. The number of benzene rings is 2. The smallest absolute Gasteiger partial charge is 0.348 e. The van der Waals surface area contributed by atoms with Crippen LogP contribution >= 0.6 is 23.6 Å². The van der Waals surface area contributed by atoms with Crippen LogP contribution in [-0.2, 0) is 6.54 Å². The molecule has 1 N–H and O–H groups in total. The van der Waals surface area contributed by atoms with Gasteiger partial charge in [0, 0.05) is 6.54 Å². The van der Waals surface area contributed by atoms with Gasteiger partial charge in [0.15, 0.2) is 3.95 Å². The number of hydrogen-bond donors (Lipinski definition) is 1. The minimum absolute atomic E-state index is 0.284. The summed E-state index contributed by atoms with van der Waals surface area (Å²) < 4.78 is 2.47. The molecule has 0 fully saturated rings. The van der Waals surface area contributed by atoms with Gasteiger partial charge in [0.25, 0.3) is 0 Å². The summed E-state index contributed by atoms with van der Waals surface area (Å²) in [7, 11) is 0. The summed E-state index contributed by atoms with van der Waals surface area (Å²) in [4.78, 5) is 11.8. The third kappa shape index (κ3) is 2.86.